The minimum Gasteiger partial charge on any atom is -0.308 e. The fourth-order valence-electron chi connectivity index (χ4n) is 1.68. The van der Waals surface area contributed by atoms with E-state index >= 15 is 0 Å². The predicted molar refractivity (Wildman–Crippen MR) is 84.9 cm³/mol. The Morgan fingerprint density at radius 2 is 1.81 bits per heavy atom. The number of anilines is 2. The molecule has 0 aliphatic rings. The standard InChI is InChI=1S/C15H11Cl2N3O/c16-11-3-6-13(17)14(9-11)20-15(21)19-12-4-1-10(2-5-12)7-8-18/h1-6,9H,7H2,(H2,19,20,21). The predicted octanol–water partition coefficient (Wildman–Crippen LogP) is 4.70. The molecule has 0 heterocycles. The number of hydrogen-bond acceptors (Lipinski definition) is 2. The molecule has 0 bridgehead atoms. The van der Waals surface area contributed by atoms with E-state index in [2.05, 4.69) is 16.7 Å². The van der Waals surface area contributed by atoms with Gasteiger partial charge in [0, 0.05) is 10.7 Å². The summed E-state index contributed by atoms with van der Waals surface area (Å²) in [7, 11) is 0. The molecule has 2 amide bonds. The lowest BCUT2D eigenvalue weighted by atomic mass is 10.1. The second-order valence-corrected chi connectivity index (χ2v) is 5.08. The minimum absolute atomic E-state index is 0.338. The number of rotatable bonds is 3. The van der Waals surface area contributed by atoms with E-state index in [1.54, 1.807) is 42.5 Å². The maximum absolute atomic E-state index is 11.9. The Hall–Kier alpha value is -2.22. The van der Waals surface area contributed by atoms with Gasteiger partial charge in [0.15, 0.2) is 0 Å². The number of hydrogen-bond donors (Lipinski definition) is 2. The van der Waals surface area contributed by atoms with E-state index in [1.807, 2.05) is 0 Å². The lowest BCUT2D eigenvalue weighted by Gasteiger charge is -2.09. The van der Waals surface area contributed by atoms with Crippen LogP contribution in [-0.2, 0) is 6.42 Å². The van der Waals surface area contributed by atoms with Crippen molar-refractivity contribution in [2.45, 2.75) is 6.42 Å². The van der Waals surface area contributed by atoms with Crippen molar-refractivity contribution in [3.05, 3.63) is 58.1 Å². The van der Waals surface area contributed by atoms with Gasteiger partial charge >= 0.3 is 6.03 Å². The summed E-state index contributed by atoms with van der Waals surface area (Å²) >= 11 is 11.8. The molecule has 0 saturated heterocycles. The molecular formula is C15H11Cl2N3O. The van der Waals surface area contributed by atoms with E-state index in [0.717, 1.165) is 5.56 Å². The van der Waals surface area contributed by atoms with Gasteiger partial charge in [0.05, 0.1) is 23.2 Å². The normalized spacial score (nSPS) is 9.76. The first-order valence-electron chi connectivity index (χ1n) is 6.07. The molecule has 0 aromatic heterocycles. The molecule has 0 atom stereocenters. The van der Waals surface area contributed by atoms with Gasteiger partial charge in [-0.15, -0.1) is 0 Å². The van der Waals surface area contributed by atoms with Crippen molar-refractivity contribution in [2.75, 3.05) is 10.6 Å². The van der Waals surface area contributed by atoms with Gasteiger partial charge in [0.2, 0.25) is 0 Å². The number of carbonyl (C=O) groups excluding carboxylic acids is 1. The van der Waals surface area contributed by atoms with Crippen LogP contribution in [0.1, 0.15) is 5.56 Å². The van der Waals surface area contributed by atoms with Gasteiger partial charge in [-0.2, -0.15) is 5.26 Å². The largest absolute Gasteiger partial charge is 0.323 e. The van der Waals surface area contributed by atoms with Crippen LogP contribution in [0.3, 0.4) is 0 Å². The van der Waals surface area contributed by atoms with E-state index in [9.17, 15) is 4.79 Å². The zero-order valence-corrected chi connectivity index (χ0v) is 12.4. The molecule has 0 unspecified atom stereocenters. The number of nitrogens with zero attached hydrogens (tertiary/aromatic N) is 1. The van der Waals surface area contributed by atoms with Crippen molar-refractivity contribution in [1.29, 1.82) is 5.26 Å². The van der Waals surface area contributed by atoms with E-state index in [-0.39, 0.29) is 0 Å². The Balaban J connectivity index is 2.01. The highest BCUT2D eigenvalue weighted by molar-refractivity contribution is 6.35. The molecule has 0 saturated carbocycles. The first-order valence-corrected chi connectivity index (χ1v) is 6.83. The molecule has 6 heteroatoms. The van der Waals surface area contributed by atoms with Gasteiger partial charge in [-0.25, -0.2) is 4.79 Å². The lowest BCUT2D eigenvalue weighted by Crippen LogP contribution is -2.19. The smallest absolute Gasteiger partial charge is 0.308 e. The summed E-state index contributed by atoms with van der Waals surface area (Å²) in [5.41, 5.74) is 1.94. The summed E-state index contributed by atoms with van der Waals surface area (Å²) in [5.74, 6) is 0. The van der Waals surface area contributed by atoms with Gasteiger partial charge in [-0.1, -0.05) is 35.3 Å². The maximum atomic E-state index is 11.9. The quantitative estimate of drug-likeness (QED) is 0.860. The van der Waals surface area contributed by atoms with Crippen molar-refractivity contribution in [3.8, 4) is 6.07 Å². The number of amides is 2. The molecule has 2 N–H and O–H groups in total. The van der Waals surface area contributed by atoms with Crippen LogP contribution in [0.5, 0.6) is 0 Å². The van der Waals surface area contributed by atoms with Crippen LogP contribution in [0.15, 0.2) is 42.5 Å². The van der Waals surface area contributed by atoms with Crippen LogP contribution in [0.2, 0.25) is 10.0 Å². The third kappa shape index (κ3) is 4.38. The molecule has 0 spiro atoms. The van der Waals surface area contributed by atoms with Gasteiger partial charge in [0.1, 0.15) is 0 Å². The van der Waals surface area contributed by atoms with Crippen LogP contribution in [0.25, 0.3) is 0 Å². The topological polar surface area (TPSA) is 64.9 Å². The summed E-state index contributed by atoms with van der Waals surface area (Å²) in [6, 6.07) is 13.5. The molecule has 4 nitrogen and oxygen atoms in total. The van der Waals surface area contributed by atoms with E-state index in [1.165, 1.54) is 0 Å². The zero-order chi connectivity index (χ0) is 15.2. The van der Waals surface area contributed by atoms with Crippen LogP contribution in [0, 0.1) is 11.3 Å². The van der Waals surface area contributed by atoms with Crippen molar-refractivity contribution in [2.24, 2.45) is 0 Å². The van der Waals surface area contributed by atoms with Crippen molar-refractivity contribution < 1.29 is 4.79 Å². The molecule has 0 fully saturated rings. The number of benzene rings is 2. The molecule has 0 aliphatic carbocycles. The summed E-state index contributed by atoms with van der Waals surface area (Å²) < 4.78 is 0. The first kappa shape index (κ1) is 15.2. The second-order valence-electron chi connectivity index (χ2n) is 4.24. The van der Waals surface area contributed by atoms with Crippen molar-refractivity contribution >= 4 is 40.6 Å². The molecule has 2 aromatic rings. The Morgan fingerprint density at radius 3 is 2.48 bits per heavy atom. The molecule has 0 aliphatic heterocycles. The SMILES string of the molecule is N#CCc1ccc(NC(=O)Nc2cc(Cl)ccc2Cl)cc1. The molecule has 2 rings (SSSR count). The average molecular weight is 320 g/mol. The van der Waals surface area contributed by atoms with Crippen LogP contribution < -0.4 is 10.6 Å². The van der Waals surface area contributed by atoms with Crippen LogP contribution >= 0.6 is 23.2 Å². The Morgan fingerprint density at radius 1 is 1.10 bits per heavy atom. The summed E-state index contributed by atoms with van der Waals surface area (Å²) in [5, 5.41) is 14.8. The van der Waals surface area contributed by atoms with Gasteiger partial charge in [-0.3, -0.25) is 0 Å². The Bertz CT molecular complexity index is 693. The average Bonchev–Trinajstić information content (AvgIpc) is 2.45. The van der Waals surface area contributed by atoms with Gasteiger partial charge < -0.3 is 10.6 Å². The zero-order valence-electron chi connectivity index (χ0n) is 10.9. The van der Waals surface area contributed by atoms with Crippen molar-refractivity contribution in [1.82, 2.24) is 0 Å². The minimum atomic E-state index is -0.424. The third-order valence-corrected chi connectivity index (χ3v) is 3.24. The van der Waals surface area contributed by atoms with E-state index < -0.39 is 6.03 Å². The third-order valence-electron chi connectivity index (χ3n) is 2.67. The monoisotopic (exact) mass is 319 g/mol. The fourth-order valence-corrected chi connectivity index (χ4v) is 2.01. The first-order chi connectivity index (χ1) is 10.1. The number of halogens is 2. The molecule has 21 heavy (non-hydrogen) atoms. The molecule has 0 radical (unpaired) electrons. The van der Waals surface area contributed by atoms with Gasteiger partial charge in [-0.05, 0) is 35.9 Å². The maximum Gasteiger partial charge on any atom is 0.323 e. The lowest BCUT2D eigenvalue weighted by molar-refractivity contribution is 0.262. The van der Waals surface area contributed by atoms with Crippen molar-refractivity contribution in [3.63, 3.8) is 0 Å². The molecular weight excluding hydrogens is 309 g/mol. The summed E-state index contributed by atoms with van der Waals surface area (Å²) in [6.07, 6.45) is 0.338. The Labute approximate surface area is 132 Å². The highest BCUT2D eigenvalue weighted by Gasteiger charge is 2.06. The van der Waals surface area contributed by atoms with E-state index in [4.69, 9.17) is 28.5 Å². The summed E-state index contributed by atoms with van der Waals surface area (Å²) in [4.78, 5) is 11.9. The highest BCUT2D eigenvalue weighted by atomic mass is 35.5. The molecule has 106 valence electrons. The van der Waals surface area contributed by atoms with Crippen LogP contribution in [-0.4, -0.2) is 6.03 Å². The number of nitrogens with one attached hydrogen (secondary N) is 2. The van der Waals surface area contributed by atoms with Gasteiger partial charge in [0.25, 0.3) is 0 Å². The van der Waals surface area contributed by atoms with Crippen LogP contribution in [0.4, 0.5) is 16.2 Å². The second kappa shape index (κ2) is 6.98. The fraction of sp³-hybridized carbons (Fsp3) is 0.0667. The Kier molecular flexibility index (Phi) is 5.04. The van der Waals surface area contributed by atoms with E-state index in [0.29, 0.717) is 27.8 Å². The number of carbonyl (C=O) groups is 1. The molecule has 2 aromatic carbocycles. The number of nitriles is 1. The number of urea groups is 1. The summed E-state index contributed by atoms with van der Waals surface area (Å²) in [6.45, 7) is 0. The highest BCUT2D eigenvalue weighted by Crippen LogP contribution is 2.25.